The summed E-state index contributed by atoms with van der Waals surface area (Å²) < 4.78 is 4.88. The molecule has 2 rings (SSSR count). The highest BCUT2D eigenvalue weighted by Gasteiger charge is 2.27. The second kappa shape index (κ2) is 8.23. The first kappa shape index (κ1) is 18.4. The molecule has 0 aliphatic heterocycles. The summed E-state index contributed by atoms with van der Waals surface area (Å²) in [5.74, 6) is -2.86. The van der Waals surface area contributed by atoms with Crippen molar-refractivity contribution < 1.29 is 24.2 Å². The van der Waals surface area contributed by atoms with Crippen LogP contribution in [0.4, 0.5) is 0 Å². The van der Waals surface area contributed by atoms with Gasteiger partial charge in [0, 0.05) is 11.6 Å². The Morgan fingerprint density at radius 3 is 2.64 bits per heavy atom. The van der Waals surface area contributed by atoms with Gasteiger partial charge in [-0.15, -0.1) is 0 Å². The Labute approximate surface area is 145 Å². The van der Waals surface area contributed by atoms with Crippen LogP contribution in [0.1, 0.15) is 30.6 Å². The smallest absolute Gasteiger partial charge is 0.326 e. The van der Waals surface area contributed by atoms with E-state index in [0.717, 1.165) is 0 Å². The molecule has 1 heterocycles. The Morgan fingerprint density at radius 2 is 1.96 bits per heavy atom. The zero-order valence-corrected chi connectivity index (χ0v) is 14.1. The van der Waals surface area contributed by atoms with Gasteiger partial charge in [0.25, 0.3) is 5.91 Å². The van der Waals surface area contributed by atoms with Crippen molar-refractivity contribution in [1.29, 1.82) is 0 Å². The monoisotopic (exact) mass is 344 g/mol. The maximum absolute atomic E-state index is 12.5. The number of carboxylic acids is 1. The van der Waals surface area contributed by atoms with Crippen molar-refractivity contribution in [2.45, 2.75) is 26.3 Å². The van der Waals surface area contributed by atoms with Gasteiger partial charge in [-0.1, -0.05) is 25.1 Å². The molecular weight excluding hydrogens is 324 g/mol. The number of carbonyl (C=O) groups is 3. The minimum absolute atomic E-state index is 0.0527. The molecule has 0 saturated carbocycles. The number of hydrogen-bond acceptors (Lipinski definition) is 5. The fraction of sp³-hybridized carbons (Fsp3) is 0.333. The van der Waals surface area contributed by atoms with E-state index in [1.165, 1.54) is 12.3 Å². The van der Waals surface area contributed by atoms with Crippen molar-refractivity contribution in [1.82, 2.24) is 10.3 Å². The Kier molecular flexibility index (Phi) is 6.05. The van der Waals surface area contributed by atoms with E-state index in [4.69, 9.17) is 4.74 Å². The Bertz CT molecular complexity index is 785. The van der Waals surface area contributed by atoms with Crippen molar-refractivity contribution in [2.24, 2.45) is 5.92 Å². The summed E-state index contributed by atoms with van der Waals surface area (Å²) in [6, 6.07) is 7.43. The molecule has 2 atom stereocenters. The molecule has 2 aromatic rings. The minimum Gasteiger partial charge on any atom is -0.480 e. The van der Waals surface area contributed by atoms with Crippen molar-refractivity contribution in [3.8, 4) is 0 Å². The number of esters is 1. The third-order valence-corrected chi connectivity index (χ3v) is 3.78. The SMILES string of the molecule is CCOC(=O)[C@@H](C)C[C@H](NC(=O)c1ccnc2ccccc12)C(=O)O. The number of rotatable bonds is 7. The quantitative estimate of drug-likeness (QED) is 0.744. The van der Waals surface area contributed by atoms with E-state index in [1.54, 1.807) is 38.1 Å². The first-order chi connectivity index (χ1) is 11.9. The Morgan fingerprint density at radius 1 is 1.24 bits per heavy atom. The number of pyridine rings is 1. The summed E-state index contributed by atoms with van der Waals surface area (Å²) in [5.41, 5.74) is 0.975. The molecule has 7 heteroatoms. The van der Waals surface area contributed by atoms with Crippen molar-refractivity contribution in [3.63, 3.8) is 0 Å². The van der Waals surface area contributed by atoms with Gasteiger partial charge >= 0.3 is 11.9 Å². The van der Waals surface area contributed by atoms with Gasteiger partial charge in [0.05, 0.1) is 23.6 Å². The number of fused-ring (bicyclic) bond motifs is 1. The average Bonchev–Trinajstić information content (AvgIpc) is 2.60. The third kappa shape index (κ3) is 4.53. The van der Waals surface area contributed by atoms with Crippen LogP contribution in [0, 0.1) is 5.92 Å². The number of nitrogens with one attached hydrogen (secondary N) is 1. The van der Waals surface area contributed by atoms with Gasteiger partial charge in [-0.05, 0) is 25.5 Å². The van der Waals surface area contributed by atoms with Gasteiger partial charge in [0.1, 0.15) is 6.04 Å². The van der Waals surface area contributed by atoms with Crippen molar-refractivity contribution in [2.75, 3.05) is 6.61 Å². The molecule has 7 nitrogen and oxygen atoms in total. The van der Waals surface area contributed by atoms with Crippen molar-refractivity contribution >= 4 is 28.7 Å². The lowest BCUT2D eigenvalue weighted by molar-refractivity contribution is -0.148. The molecule has 1 aromatic carbocycles. The van der Waals surface area contributed by atoms with E-state index in [0.29, 0.717) is 16.5 Å². The molecule has 132 valence electrons. The maximum Gasteiger partial charge on any atom is 0.326 e. The van der Waals surface area contributed by atoms with Crippen LogP contribution < -0.4 is 5.32 Å². The van der Waals surface area contributed by atoms with E-state index >= 15 is 0 Å². The standard InChI is InChI=1S/C18H20N2O5/c1-3-25-18(24)11(2)10-15(17(22)23)20-16(21)13-8-9-19-14-7-5-4-6-12(13)14/h4-9,11,15H,3,10H2,1-2H3,(H,20,21)(H,22,23)/t11-,15-/m0/s1. The summed E-state index contributed by atoms with van der Waals surface area (Å²) in [6.45, 7) is 3.47. The van der Waals surface area contributed by atoms with Gasteiger partial charge in [0.2, 0.25) is 0 Å². The largest absolute Gasteiger partial charge is 0.480 e. The highest BCUT2D eigenvalue weighted by atomic mass is 16.5. The number of carboxylic acid groups (broad SMARTS) is 1. The third-order valence-electron chi connectivity index (χ3n) is 3.78. The molecule has 25 heavy (non-hydrogen) atoms. The number of nitrogens with zero attached hydrogens (tertiary/aromatic N) is 1. The molecule has 0 aliphatic carbocycles. The number of benzene rings is 1. The molecule has 1 amide bonds. The molecular formula is C18H20N2O5. The lowest BCUT2D eigenvalue weighted by Gasteiger charge is -2.18. The summed E-state index contributed by atoms with van der Waals surface area (Å²) in [5, 5.41) is 12.5. The second-order valence-electron chi connectivity index (χ2n) is 5.63. The summed E-state index contributed by atoms with van der Waals surface area (Å²) >= 11 is 0. The highest BCUT2D eigenvalue weighted by Crippen LogP contribution is 2.17. The van der Waals surface area contributed by atoms with Crippen molar-refractivity contribution in [3.05, 3.63) is 42.1 Å². The molecule has 0 unspecified atom stereocenters. The minimum atomic E-state index is -1.21. The molecule has 0 spiro atoms. The first-order valence-electron chi connectivity index (χ1n) is 7.98. The van der Waals surface area contributed by atoms with E-state index < -0.39 is 29.8 Å². The van der Waals surface area contributed by atoms with Gasteiger partial charge in [-0.3, -0.25) is 14.6 Å². The number of amides is 1. The summed E-state index contributed by atoms with van der Waals surface area (Å²) in [6.07, 6.45) is 1.44. The number of para-hydroxylation sites is 1. The van der Waals surface area contributed by atoms with Crippen LogP contribution >= 0.6 is 0 Å². The normalized spacial score (nSPS) is 13.0. The fourth-order valence-electron chi connectivity index (χ4n) is 2.49. The number of aliphatic carboxylic acids is 1. The van der Waals surface area contributed by atoms with Crippen LogP contribution in [-0.4, -0.2) is 40.6 Å². The van der Waals surface area contributed by atoms with Crippen LogP contribution in [0.2, 0.25) is 0 Å². The maximum atomic E-state index is 12.5. The zero-order valence-electron chi connectivity index (χ0n) is 14.1. The van der Waals surface area contributed by atoms with E-state index in [-0.39, 0.29) is 13.0 Å². The summed E-state index contributed by atoms with van der Waals surface area (Å²) in [7, 11) is 0. The number of ether oxygens (including phenoxy) is 1. The molecule has 0 radical (unpaired) electrons. The first-order valence-corrected chi connectivity index (χ1v) is 7.98. The van der Waals surface area contributed by atoms with E-state index in [1.807, 2.05) is 0 Å². The van der Waals surface area contributed by atoms with Crippen LogP contribution in [-0.2, 0) is 14.3 Å². The van der Waals surface area contributed by atoms with Crippen LogP contribution in [0.15, 0.2) is 36.5 Å². The molecule has 1 aromatic heterocycles. The van der Waals surface area contributed by atoms with Gasteiger partial charge in [-0.25, -0.2) is 4.79 Å². The number of carbonyl (C=O) groups excluding carboxylic acids is 2. The molecule has 0 bridgehead atoms. The van der Waals surface area contributed by atoms with E-state index in [9.17, 15) is 19.5 Å². The average molecular weight is 344 g/mol. The summed E-state index contributed by atoms with van der Waals surface area (Å²) in [4.78, 5) is 39.9. The topological polar surface area (TPSA) is 106 Å². The Balaban J connectivity index is 2.17. The molecule has 2 N–H and O–H groups in total. The lowest BCUT2D eigenvalue weighted by Crippen LogP contribution is -2.42. The van der Waals surface area contributed by atoms with Gasteiger partial charge in [0.15, 0.2) is 0 Å². The molecule has 0 fully saturated rings. The predicted octanol–water partition coefficient (Wildman–Crippen LogP) is 2.01. The highest BCUT2D eigenvalue weighted by molar-refractivity contribution is 6.06. The predicted molar refractivity (Wildman–Crippen MR) is 91.0 cm³/mol. The Hall–Kier alpha value is -2.96. The number of aromatic nitrogens is 1. The lowest BCUT2D eigenvalue weighted by atomic mass is 10.0. The molecule has 0 aliphatic rings. The van der Waals surface area contributed by atoms with Gasteiger partial charge in [-0.2, -0.15) is 0 Å². The van der Waals surface area contributed by atoms with Crippen LogP contribution in [0.3, 0.4) is 0 Å². The number of hydrogen-bond donors (Lipinski definition) is 2. The van der Waals surface area contributed by atoms with Crippen LogP contribution in [0.25, 0.3) is 10.9 Å². The van der Waals surface area contributed by atoms with Crippen LogP contribution in [0.5, 0.6) is 0 Å². The van der Waals surface area contributed by atoms with Gasteiger partial charge < -0.3 is 15.2 Å². The zero-order chi connectivity index (χ0) is 18.4. The van der Waals surface area contributed by atoms with E-state index in [2.05, 4.69) is 10.3 Å². The second-order valence-corrected chi connectivity index (χ2v) is 5.63. The fourth-order valence-corrected chi connectivity index (χ4v) is 2.49. The molecule has 0 saturated heterocycles.